The zero-order valence-electron chi connectivity index (χ0n) is 15.0. The third kappa shape index (κ3) is 6.05. The molecule has 2 aromatic rings. The number of rotatable bonds is 7. The van der Waals surface area contributed by atoms with E-state index < -0.39 is 0 Å². The van der Waals surface area contributed by atoms with Crippen LogP contribution in [-0.2, 0) is 22.6 Å². The number of ether oxygens (including phenoxy) is 2. The molecule has 1 aromatic carbocycles. The number of hydrogen-bond donors (Lipinski definition) is 0. The average molecular weight is 430 g/mol. The van der Waals surface area contributed by atoms with E-state index >= 15 is 0 Å². The zero-order valence-corrected chi connectivity index (χ0v) is 17.3. The van der Waals surface area contributed by atoms with Gasteiger partial charge >= 0.3 is 0 Å². The predicted molar refractivity (Wildman–Crippen MR) is 107 cm³/mol. The molecule has 27 heavy (non-hydrogen) atoms. The number of carbonyl (C=O) groups excluding carboxylic acids is 1. The summed E-state index contributed by atoms with van der Waals surface area (Å²) in [6.45, 7) is 4.57. The van der Waals surface area contributed by atoms with Crippen LogP contribution in [0.3, 0.4) is 0 Å². The smallest absolute Gasteiger partial charge is 0.260 e. The van der Waals surface area contributed by atoms with Crippen LogP contribution in [0.1, 0.15) is 10.7 Å². The summed E-state index contributed by atoms with van der Waals surface area (Å²) in [6.07, 6.45) is 0. The first-order valence-corrected chi connectivity index (χ1v) is 10.2. The summed E-state index contributed by atoms with van der Waals surface area (Å²) >= 11 is 13.5. The lowest BCUT2D eigenvalue weighted by atomic mass is 10.3. The fourth-order valence-corrected chi connectivity index (χ4v) is 3.91. The molecular formula is C18H21Cl2N3O3S. The number of nitrogens with zero attached hydrogens (tertiary/aromatic N) is 3. The molecule has 1 saturated heterocycles. The van der Waals surface area contributed by atoms with Crippen LogP contribution >= 0.6 is 34.5 Å². The average Bonchev–Trinajstić information content (AvgIpc) is 3.08. The van der Waals surface area contributed by atoms with E-state index in [1.165, 1.54) is 0 Å². The van der Waals surface area contributed by atoms with Gasteiger partial charge in [0.2, 0.25) is 0 Å². The number of amides is 1. The molecular weight excluding hydrogens is 409 g/mol. The van der Waals surface area contributed by atoms with Crippen LogP contribution < -0.4 is 4.74 Å². The maximum Gasteiger partial charge on any atom is 0.260 e. The molecule has 9 heteroatoms. The van der Waals surface area contributed by atoms with Gasteiger partial charge in [0.25, 0.3) is 5.91 Å². The molecule has 1 aliphatic heterocycles. The van der Waals surface area contributed by atoms with Gasteiger partial charge in [0.1, 0.15) is 10.8 Å². The molecule has 0 bridgehead atoms. The Morgan fingerprint density at radius 3 is 2.89 bits per heavy atom. The van der Waals surface area contributed by atoms with Crippen molar-refractivity contribution >= 4 is 40.4 Å². The van der Waals surface area contributed by atoms with E-state index in [-0.39, 0.29) is 12.5 Å². The number of carbonyl (C=O) groups is 1. The molecule has 3 rings (SSSR count). The normalized spacial score (nSPS) is 14.9. The minimum atomic E-state index is -0.149. The molecule has 1 aliphatic rings. The Balaban J connectivity index is 1.47. The van der Waals surface area contributed by atoms with Crippen LogP contribution in [-0.4, -0.2) is 60.6 Å². The number of benzene rings is 1. The van der Waals surface area contributed by atoms with Gasteiger partial charge in [-0.05, 0) is 18.2 Å². The molecule has 0 N–H and O–H groups in total. The van der Waals surface area contributed by atoms with Crippen molar-refractivity contribution in [1.82, 2.24) is 14.8 Å². The molecule has 146 valence electrons. The molecule has 1 aromatic heterocycles. The van der Waals surface area contributed by atoms with Crippen LogP contribution in [0, 0.1) is 0 Å². The van der Waals surface area contributed by atoms with Crippen LogP contribution in [0.2, 0.25) is 10.0 Å². The Hall–Kier alpha value is -1.38. The lowest BCUT2D eigenvalue weighted by Crippen LogP contribution is -2.35. The molecule has 0 atom stereocenters. The number of halogens is 2. The maximum absolute atomic E-state index is 12.3. The maximum atomic E-state index is 12.3. The van der Waals surface area contributed by atoms with E-state index in [1.54, 1.807) is 41.5 Å². The van der Waals surface area contributed by atoms with Crippen molar-refractivity contribution in [3.05, 3.63) is 44.3 Å². The predicted octanol–water partition coefficient (Wildman–Crippen LogP) is 3.32. The lowest BCUT2D eigenvalue weighted by Gasteiger charge is -2.25. The van der Waals surface area contributed by atoms with E-state index in [2.05, 4.69) is 9.88 Å². The highest BCUT2D eigenvalue weighted by Crippen LogP contribution is 2.27. The van der Waals surface area contributed by atoms with Gasteiger partial charge in [-0.1, -0.05) is 23.2 Å². The minimum absolute atomic E-state index is 0.0946. The van der Waals surface area contributed by atoms with Crippen LogP contribution in [0.25, 0.3) is 0 Å². The fourth-order valence-electron chi connectivity index (χ4n) is 2.62. The molecule has 2 heterocycles. The van der Waals surface area contributed by atoms with E-state index in [9.17, 15) is 4.79 Å². The van der Waals surface area contributed by atoms with Crippen molar-refractivity contribution in [3.8, 4) is 5.75 Å². The van der Waals surface area contributed by atoms with Gasteiger partial charge in [-0.2, -0.15) is 0 Å². The summed E-state index contributed by atoms with van der Waals surface area (Å²) < 4.78 is 10.9. The van der Waals surface area contributed by atoms with Crippen LogP contribution in [0.15, 0.2) is 23.6 Å². The Labute approximate surface area is 172 Å². The third-order valence-electron chi connectivity index (χ3n) is 4.13. The summed E-state index contributed by atoms with van der Waals surface area (Å²) in [7, 11) is 1.73. The molecule has 1 amide bonds. The number of hydrogen-bond acceptors (Lipinski definition) is 6. The Kier molecular flexibility index (Phi) is 7.32. The van der Waals surface area contributed by atoms with Crippen molar-refractivity contribution in [1.29, 1.82) is 0 Å². The van der Waals surface area contributed by atoms with Gasteiger partial charge in [0, 0.05) is 30.5 Å². The molecule has 0 radical (unpaired) electrons. The zero-order chi connectivity index (χ0) is 19.2. The molecule has 0 spiro atoms. The van der Waals surface area contributed by atoms with Gasteiger partial charge in [-0.25, -0.2) is 4.98 Å². The Morgan fingerprint density at radius 1 is 1.37 bits per heavy atom. The summed E-state index contributed by atoms with van der Waals surface area (Å²) in [5.74, 6) is 0.285. The summed E-state index contributed by atoms with van der Waals surface area (Å²) in [5.41, 5.74) is 0.878. The van der Waals surface area contributed by atoms with Gasteiger partial charge in [-0.15, -0.1) is 11.3 Å². The second-order valence-corrected chi connectivity index (χ2v) is 8.02. The highest BCUT2D eigenvalue weighted by atomic mass is 35.5. The second-order valence-electron chi connectivity index (χ2n) is 6.23. The van der Waals surface area contributed by atoms with Crippen LogP contribution in [0.4, 0.5) is 0 Å². The molecule has 0 aliphatic carbocycles. The van der Waals surface area contributed by atoms with Crippen molar-refractivity contribution in [2.24, 2.45) is 0 Å². The van der Waals surface area contributed by atoms with Crippen molar-refractivity contribution < 1.29 is 14.3 Å². The summed E-state index contributed by atoms with van der Waals surface area (Å²) in [4.78, 5) is 20.9. The van der Waals surface area contributed by atoms with Gasteiger partial charge in [0.15, 0.2) is 6.61 Å². The topological polar surface area (TPSA) is 54.9 Å². The quantitative estimate of drug-likeness (QED) is 0.675. The standard InChI is InChI=1S/C18H21Cl2N3O3S/c1-22(18(24)11-26-16-3-2-13(19)8-15(16)20)9-14-12-27-17(21-14)10-23-4-6-25-7-5-23/h2-3,8,12H,4-7,9-11H2,1H3. The Morgan fingerprint density at radius 2 is 2.15 bits per heavy atom. The number of thiazole rings is 1. The van der Waals surface area contributed by atoms with Gasteiger partial charge in [-0.3, -0.25) is 9.69 Å². The number of likely N-dealkylation sites (N-methyl/N-ethyl adjacent to an activating group) is 1. The molecule has 0 saturated carbocycles. The monoisotopic (exact) mass is 429 g/mol. The van der Waals surface area contributed by atoms with Crippen molar-refractivity contribution in [2.45, 2.75) is 13.1 Å². The van der Waals surface area contributed by atoms with Crippen molar-refractivity contribution in [3.63, 3.8) is 0 Å². The number of aromatic nitrogens is 1. The largest absolute Gasteiger partial charge is 0.482 e. The second kappa shape index (κ2) is 9.71. The highest BCUT2D eigenvalue weighted by molar-refractivity contribution is 7.09. The van der Waals surface area contributed by atoms with E-state index in [0.29, 0.717) is 22.3 Å². The summed E-state index contributed by atoms with van der Waals surface area (Å²) in [6, 6.07) is 4.90. The fraction of sp³-hybridized carbons (Fsp3) is 0.444. The molecule has 6 nitrogen and oxygen atoms in total. The van der Waals surface area contributed by atoms with E-state index in [0.717, 1.165) is 43.5 Å². The third-order valence-corrected chi connectivity index (χ3v) is 5.54. The SMILES string of the molecule is CN(Cc1csc(CN2CCOCC2)n1)C(=O)COc1ccc(Cl)cc1Cl. The molecule has 1 fully saturated rings. The van der Waals surface area contributed by atoms with Gasteiger partial charge < -0.3 is 14.4 Å². The first kappa shape index (κ1) is 20.4. The lowest BCUT2D eigenvalue weighted by molar-refractivity contribution is -0.132. The van der Waals surface area contributed by atoms with Gasteiger partial charge in [0.05, 0.1) is 37.0 Å². The minimum Gasteiger partial charge on any atom is -0.482 e. The Bertz CT molecular complexity index is 781. The van der Waals surface area contributed by atoms with E-state index in [4.69, 9.17) is 32.7 Å². The number of morpholine rings is 1. The highest BCUT2D eigenvalue weighted by Gasteiger charge is 2.15. The summed E-state index contributed by atoms with van der Waals surface area (Å²) in [5, 5.41) is 3.95. The van der Waals surface area contributed by atoms with E-state index in [1.807, 2.05) is 5.38 Å². The first-order chi connectivity index (χ1) is 13.0. The first-order valence-electron chi connectivity index (χ1n) is 8.56. The van der Waals surface area contributed by atoms with Crippen molar-refractivity contribution in [2.75, 3.05) is 40.0 Å². The molecule has 0 unspecified atom stereocenters. The van der Waals surface area contributed by atoms with Crippen LogP contribution in [0.5, 0.6) is 5.75 Å².